The smallest absolute Gasteiger partial charge is 0.390 e. The molecule has 0 aromatic heterocycles. The molecule has 0 amide bonds. The van der Waals surface area contributed by atoms with E-state index in [-0.39, 0.29) is 6.04 Å². The lowest BCUT2D eigenvalue weighted by atomic mass is 9.79. The largest absolute Gasteiger partial charge is 0.416 e. The molecule has 3 N–H and O–H groups in total. The lowest BCUT2D eigenvalue weighted by molar-refractivity contribution is -0.137. The second-order valence-corrected chi connectivity index (χ2v) is 5.43. The van der Waals surface area contributed by atoms with E-state index in [1.165, 1.54) is 12.1 Å². The van der Waals surface area contributed by atoms with E-state index in [2.05, 4.69) is 0 Å². The van der Waals surface area contributed by atoms with Gasteiger partial charge in [0.25, 0.3) is 0 Å². The van der Waals surface area contributed by atoms with Gasteiger partial charge in [0.15, 0.2) is 0 Å². The summed E-state index contributed by atoms with van der Waals surface area (Å²) in [5, 5.41) is 10.4. The molecule has 106 valence electrons. The van der Waals surface area contributed by atoms with Gasteiger partial charge in [-0.05, 0) is 43.4 Å². The van der Waals surface area contributed by atoms with E-state index in [1.807, 2.05) is 0 Å². The number of hydrogen-bond acceptors (Lipinski definition) is 2. The van der Waals surface area contributed by atoms with E-state index in [1.54, 1.807) is 0 Å². The highest BCUT2D eigenvalue weighted by molar-refractivity contribution is 5.25. The Morgan fingerprint density at radius 2 is 1.68 bits per heavy atom. The average Bonchev–Trinajstić information content (AvgIpc) is 2.33. The van der Waals surface area contributed by atoms with Gasteiger partial charge >= 0.3 is 6.18 Å². The monoisotopic (exact) mass is 273 g/mol. The lowest BCUT2D eigenvalue weighted by Crippen LogP contribution is -2.40. The summed E-state index contributed by atoms with van der Waals surface area (Å²) in [6.45, 7) is 0. The Morgan fingerprint density at radius 3 is 2.16 bits per heavy atom. The minimum atomic E-state index is -4.31. The van der Waals surface area contributed by atoms with Gasteiger partial charge in [0, 0.05) is 12.5 Å². The van der Waals surface area contributed by atoms with Crippen molar-refractivity contribution in [1.29, 1.82) is 0 Å². The molecule has 0 unspecified atom stereocenters. The first-order chi connectivity index (χ1) is 8.78. The fraction of sp³-hybridized carbons (Fsp3) is 0.571. The summed E-state index contributed by atoms with van der Waals surface area (Å²) < 4.78 is 37.3. The van der Waals surface area contributed by atoms with Crippen LogP contribution in [-0.4, -0.2) is 16.7 Å². The summed E-state index contributed by atoms with van der Waals surface area (Å²) in [6.07, 6.45) is -1.19. The van der Waals surface area contributed by atoms with Crippen LogP contribution in [0.2, 0.25) is 0 Å². The fourth-order valence-corrected chi connectivity index (χ4v) is 2.55. The Morgan fingerprint density at radius 1 is 1.16 bits per heavy atom. The lowest BCUT2D eigenvalue weighted by Gasteiger charge is -2.35. The molecule has 0 atom stereocenters. The number of hydrogen-bond donors (Lipinski definition) is 2. The summed E-state index contributed by atoms with van der Waals surface area (Å²) in [5.41, 5.74) is 5.03. The topological polar surface area (TPSA) is 46.2 Å². The van der Waals surface area contributed by atoms with Crippen LogP contribution in [0.15, 0.2) is 24.3 Å². The average molecular weight is 273 g/mol. The van der Waals surface area contributed by atoms with E-state index in [0.717, 1.165) is 30.5 Å². The standard InChI is InChI=1S/C14H18F3NO/c15-14(16,17)11-3-1-10(2-4-11)9-13(19)7-5-12(18)6-8-13/h1-4,12,19H,5-9,18H2. The summed E-state index contributed by atoms with van der Waals surface area (Å²) in [7, 11) is 0. The molecule has 1 aliphatic carbocycles. The second kappa shape index (κ2) is 5.13. The third-order valence-electron chi connectivity index (χ3n) is 3.78. The normalized spacial score (nSPS) is 28.4. The third kappa shape index (κ3) is 3.70. The van der Waals surface area contributed by atoms with Gasteiger partial charge in [-0.25, -0.2) is 0 Å². The van der Waals surface area contributed by atoms with Gasteiger partial charge in [0.05, 0.1) is 11.2 Å². The van der Waals surface area contributed by atoms with Gasteiger partial charge in [-0.1, -0.05) is 12.1 Å². The van der Waals surface area contributed by atoms with Crippen LogP contribution in [0.1, 0.15) is 36.8 Å². The molecule has 1 aromatic carbocycles. The SMILES string of the molecule is NC1CCC(O)(Cc2ccc(C(F)(F)F)cc2)CC1. The highest BCUT2D eigenvalue weighted by atomic mass is 19.4. The molecule has 1 saturated carbocycles. The van der Waals surface area contributed by atoms with Crippen LogP contribution in [0.25, 0.3) is 0 Å². The maximum absolute atomic E-state index is 12.4. The first-order valence-corrected chi connectivity index (χ1v) is 6.43. The van der Waals surface area contributed by atoms with E-state index in [4.69, 9.17) is 5.73 Å². The molecule has 1 aromatic rings. The number of nitrogens with two attached hydrogens (primary N) is 1. The molecule has 0 spiro atoms. The molecule has 1 fully saturated rings. The molecule has 19 heavy (non-hydrogen) atoms. The molecule has 0 heterocycles. The van der Waals surface area contributed by atoms with Crippen molar-refractivity contribution in [3.63, 3.8) is 0 Å². The van der Waals surface area contributed by atoms with E-state index in [9.17, 15) is 18.3 Å². The molecule has 0 aliphatic heterocycles. The number of halogens is 3. The van der Waals surface area contributed by atoms with Crippen molar-refractivity contribution >= 4 is 0 Å². The van der Waals surface area contributed by atoms with Crippen molar-refractivity contribution < 1.29 is 18.3 Å². The predicted octanol–water partition coefficient (Wildman–Crippen LogP) is 2.88. The molecule has 0 radical (unpaired) electrons. The molecule has 0 saturated heterocycles. The Kier molecular flexibility index (Phi) is 3.87. The molecule has 5 heteroatoms. The van der Waals surface area contributed by atoms with Gasteiger partial charge < -0.3 is 10.8 Å². The number of aliphatic hydroxyl groups is 1. The van der Waals surface area contributed by atoms with Crippen LogP contribution in [0.4, 0.5) is 13.2 Å². The summed E-state index contributed by atoms with van der Waals surface area (Å²) >= 11 is 0. The fourth-order valence-electron chi connectivity index (χ4n) is 2.55. The van der Waals surface area contributed by atoms with Crippen LogP contribution >= 0.6 is 0 Å². The van der Waals surface area contributed by atoms with Crippen LogP contribution < -0.4 is 5.73 Å². The van der Waals surface area contributed by atoms with E-state index < -0.39 is 17.3 Å². The van der Waals surface area contributed by atoms with Gasteiger partial charge in [-0.3, -0.25) is 0 Å². The van der Waals surface area contributed by atoms with Crippen LogP contribution in [-0.2, 0) is 12.6 Å². The quantitative estimate of drug-likeness (QED) is 0.870. The van der Waals surface area contributed by atoms with E-state index in [0.29, 0.717) is 19.3 Å². The number of alkyl halides is 3. The Bertz CT molecular complexity index is 419. The Hall–Kier alpha value is -1.07. The molecule has 1 aliphatic rings. The van der Waals surface area contributed by atoms with Crippen molar-refractivity contribution in [2.45, 2.75) is 49.9 Å². The van der Waals surface area contributed by atoms with E-state index >= 15 is 0 Å². The highest BCUT2D eigenvalue weighted by Crippen LogP contribution is 2.32. The van der Waals surface area contributed by atoms with Gasteiger partial charge in [0.1, 0.15) is 0 Å². The minimum absolute atomic E-state index is 0.132. The molecule has 2 nitrogen and oxygen atoms in total. The maximum Gasteiger partial charge on any atom is 0.416 e. The van der Waals surface area contributed by atoms with Crippen LogP contribution in [0, 0.1) is 0 Å². The molecule has 2 rings (SSSR count). The first-order valence-electron chi connectivity index (χ1n) is 6.43. The maximum atomic E-state index is 12.4. The second-order valence-electron chi connectivity index (χ2n) is 5.43. The minimum Gasteiger partial charge on any atom is -0.390 e. The molecular weight excluding hydrogens is 255 g/mol. The van der Waals surface area contributed by atoms with Crippen molar-refractivity contribution in [2.75, 3.05) is 0 Å². The van der Waals surface area contributed by atoms with Crippen LogP contribution in [0.5, 0.6) is 0 Å². The van der Waals surface area contributed by atoms with Gasteiger partial charge in [-0.2, -0.15) is 13.2 Å². The van der Waals surface area contributed by atoms with Crippen molar-refractivity contribution in [3.8, 4) is 0 Å². The third-order valence-corrected chi connectivity index (χ3v) is 3.78. The highest BCUT2D eigenvalue weighted by Gasteiger charge is 2.33. The van der Waals surface area contributed by atoms with Crippen LogP contribution in [0.3, 0.4) is 0 Å². The van der Waals surface area contributed by atoms with Gasteiger partial charge in [-0.15, -0.1) is 0 Å². The summed E-state index contributed by atoms with van der Waals surface area (Å²) in [4.78, 5) is 0. The first kappa shape index (κ1) is 14.3. The van der Waals surface area contributed by atoms with Crippen molar-refractivity contribution in [2.24, 2.45) is 5.73 Å². The zero-order chi connectivity index (χ0) is 14.1. The summed E-state index contributed by atoms with van der Waals surface area (Å²) in [5.74, 6) is 0. The molecular formula is C14H18F3NO. The zero-order valence-electron chi connectivity index (χ0n) is 10.6. The van der Waals surface area contributed by atoms with Crippen molar-refractivity contribution in [1.82, 2.24) is 0 Å². The zero-order valence-corrected chi connectivity index (χ0v) is 10.6. The Balaban J connectivity index is 2.03. The summed E-state index contributed by atoms with van der Waals surface area (Å²) in [6, 6.07) is 5.14. The van der Waals surface area contributed by atoms with Crippen molar-refractivity contribution in [3.05, 3.63) is 35.4 Å². The molecule has 0 bridgehead atoms. The predicted molar refractivity (Wildman–Crippen MR) is 66.5 cm³/mol. The number of benzene rings is 1. The number of rotatable bonds is 2. The Labute approximate surface area is 110 Å². The van der Waals surface area contributed by atoms with Gasteiger partial charge in [0.2, 0.25) is 0 Å².